The maximum atomic E-state index is 8.24. The van der Waals surface area contributed by atoms with Gasteiger partial charge in [-0.3, -0.25) is 0 Å². The van der Waals surface area contributed by atoms with Gasteiger partial charge in [-0.15, -0.1) is 0 Å². The van der Waals surface area contributed by atoms with E-state index in [1.54, 1.807) is 0 Å². The van der Waals surface area contributed by atoms with E-state index in [9.17, 15) is 0 Å². The molecule has 0 amide bonds. The van der Waals surface area contributed by atoms with Crippen LogP contribution in [-0.4, -0.2) is 11.6 Å². The van der Waals surface area contributed by atoms with Gasteiger partial charge in [-0.05, 0) is 0 Å². The van der Waals surface area contributed by atoms with Crippen molar-refractivity contribution in [1.82, 2.24) is 0 Å². The van der Waals surface area contributed by atoms with Gasteiger partial charge in [0.1, 0.15) is 0 Å². The predicted molar refractivity (Wildman–Crippen MR) is 8.32 cm³/mol. The second-order valence-corrected chi connectivity index (χ2v) is 0.0913. The van der Waals surface area contributed by atoms with Crippen LogP contribution in [0.5, 0.6) is 0 Å². The monoisotopic (exact) mass is 229 g/mol. The van der Waals surface area contributed by atoms with Crippen molar-refractivity contribution < 1.29 is 31.0 Å². The second kappa shape index (κ2) is 11.0. The minimum absolute atomic E-state index is 0. The summed E-state index contributed by atoms with van der Waals surface area (Å²) in [6.07, 6.45) is 0. The van der Waals surface area contributed by atoms with E-state index < -0.39 is 0 Å². The van der Waals surface area contributed by atoms with Crippen LogP contribution in [0.3, 0.4) is 0 Å². The average molecular weight is 229 g/mol. The molecule has 0 fully saturated rings. The quantitative estimate of drug-likeness (QED) is 0.574. The fraction of sp³-hybridized carbons (Fsp3) is 0. The molecule has 0 aliphatic carbocycles. The van der Waals surface area contributed by atoms with Crippen molar-refractivity contribution >= 4 is 6.47 Å². The molecule has 3 heteroatoms. The van der Waals surface area contributed by atoms with Gasteiger partial charge < -0.3 is 9.90 Å². The van der Waals surface area contributed by atoms with Gasteiger partial charge in [0.25, 0.3) is 0 Å². The van der Waals surface area contributed by atoms with E-state index in [-0.39, 0.29) is 21.1 Å². The molecule has 0 saturated heterocycles. The summed E-state index contributed by atoms with van der Waals surface area (Å²) in [7, 11) is 0. The second-order valence-electron chi connectivity index (χ2n) is 0.0913. The minimum Gasteiger partial charge on any atom is -0.665 e. The van der Waals surface area contributed by atoms with E-state index in [0.29, 0.717) is 6.47 Å². The molecule has 0 bridgehead atoms. The summed E-state index contributed by atoms with van der Waals surface area (Å²) < 4.78 is 0. The van der Waals surface area contributed by atoms with Crippen molar-refractivity contribution in [2.75, 3.05) is 0 Å². The van der Waals surface area contributed by atoms with Gasteiger partial charge in [-0.25, -0.2) is 0 Å². The van der Waals surface area contributed by atoms with Crippen molar-refractivity contribution in [3.63, 3.8) is 0 Å². The molecule has 0 rings (SSSR count). The Labute approximate surface area is 38.1 Å². The Bertz CT molecular complexity index is 13.5. The number of rotatable bonds is 0. The Morgan fingerprint density at radius 2 is 1.75 bits per heavy atom. The maximum absolute atomic E-state index is 8.24. The molecule has 0 aliphatic heterocycles. The molecule has 0 aromatic carbocycles. The van der Waals surface area contributed by atoms with E-state index in [1.807, 2.05) is 0 Å². The average Bonchev–Trinajstić information content (AvgIpc) is 0.918. The zero-order valence-electron chi connectivity index (χ0n) is 1.76. The van der Waals surface area contributed by atoms with Crippen LogP contribution in [-0.2, 0) is 25.9 Å². The van der Waals surface area contributed by atoms with Gasteiger partial charge in [0.2, 0.25) is 0 Å². The maximum Gasteiger partial charge on any atom is 2.00 e. The van der Waals surface area contributed by atoms with E-state index in [4.69, 9.17) is 9.90 Å². The molecule has 0 heterocycles. The van der Waals surface area contributed by atoms with Gasteiger partial charge in [0, 0.05) is 0 Å². The van der Waals surface area contributed by atoms with Crippen molar-refractivity contribution in [3.8, 4) is 0 Å². The first-order valence-corrected chi connectivity index (χ1v) is 0.428. The zero-order valence-corrected chi connectivity index (χ0v) is 4.70. The van der Waals surface area contributed by atoms with Gasteiger partial charge in [0.15, 0.2) is 0 Å². The SMILES string of the molecule is O=[C-]O.[W+2]. The van der Waals surface area contributed by atoms with E-state index >= 15 is 0 Å². The molecule has 0 unspecified atom stereocenters. The van der Waals surface area contributed by atoms with Gasteiger partial charge >= 0.3 is 21.1 Å². The molecule has 1 N–H and O–H groups in total. The molecule has 0 spiro atoms. The molecule has 0 saturated carbocycles. The minimum atomic E-state index is 0. The Balaban J connectivity index is 0. The summed E-state index contributed by atoms with van der Waals surface area (Å²) in [5.41, 5.74) is 0. The summed E-state index contributed by atoms with van der Waals surface area (Å²) in [5.74, 6) is 0. The molecule has 0 aliphatic rings. The van der Waals surface area contributed by atoms with Crippen LogP contribution in [0.15, 0.2) is 0 Å². The number of hydrogen-bond donors (Lipinski definition) is 1. The molecule has 22 valence electrons. The van der Waals surface area contributed by atoms with Crippen LogP contribution in [0.2, 0.25) is 0 Å². The largest absolute Gasteiger partial charge is 2.00 e. The topological polar surface area (TPSA) is 37.3 Å². The van der Waals surface area contributed by atoms with Crippen molar-refractivity contribution in [2.45, 2.75) is 0 Å². The molecular weight excluding hydrogens is 228 g/mol. The third-order valence-electron chi connectivity index (χ3n) is 0. The van der Waals surface area contributed by atoms with Crippen molar-refractivity contribution in [3.05, 3.63) is 0 Å². The van der Waals surface area contributed by atoms with E-state index in [0.717, 1.165) is 0 Å². The summed E-state index contributed by atoms with van der Waals surface area (Å²) in [6, 6.07) is 0. The van der Waals surface area contributed by atoms with Gasteiger partial charge in [-0.2, -0.15) is 0 Å². The Morgan fingerprint density at radius 3 is 1.75 bits per heavy atom. The summed E-state index contributed by atoms with van der Waals surface area (Å²) in [5, 5.41) is 6.76. The smallest absolute Gasteiger partial charge is 0.665 e. The molecule has 4 heavy (non-hydrogen) atoms. The number of aliphatic hydroxyl groups excluding tert-OH is 1. The van der Waals surface area contributed by atoms with Crippen LogP contribution in [0.4, 0.5) is 0 Å². The van der Waals surface area contributed by atoms with Gasteiger partial charge in [0.05, 0.1) is 0 Å². The van der Waals surface area contributed by atoms with E-state index in [1.165, 1.54) is 0 Å². The first kappa shape index (κ1) is 8.90. The van der Waals surface area contributed by atoms with Crippen LogP contribution in [0.1, 0.15) is 0 Å². The molecule has 0 aromatic heterocycles. The zero-order chi connectivity index (χ0) is 2.71. The normalized spacial score (nSPS) is 3.00. The summed E-state index contributed by atoms with van der Waals surface area (Å²) in [4.78, 5) is 8.24. The first-order chi connectivity index (χ1) is 1.41. The Kier molecular flexibility index (Phi) is 24.4. The van der Waals surface area contributed by atoms with Crippen molar-refractivity contribution in [2.24, 2.45) is 0 Å². The first-order valence-electron chi connectivity index (χ1n) is 0.428. The molecular formula is CHO2W+. The molecule has 0 aromatic rings. The van der Waals surface area contributed by atoms with Crippen molar-refractivity contribution in [1.29, 1.82) is 0 Å². The number of hydrogen-bond acceptors (Lipinski definition) is 1. The third-order valence-corrected chi connectivity index (χ3v) is 0. The Hall–Kier alpha value is 0.158. The van der Waals surface area contributed by atoms with Crippen LogP contribution < -0.4 is 0 Å². The third kappa shape index (κ3) is 116. The summed E-state index contributed by atoms with van der Waals surface area (Å²) >= 11 is 0. The van der Waals surface area contributed by atoms with Crippen LogP contribution in [0, 0.1) is 0 Å². The molecule has 0 radical (unpaired) electrons. The van der Waals surface area contributed by atoms with E-state index in [2.05, 4.69) is 0 Å². The molecule has 0 atom stereocenters. The van der Waals surface area contributed by atoms with Crippen LogP contribution in [0.25, 0.3) is 0 Å². The summed E-state index contributed by atoms with van der Waals surface area (Å²) in [6.45, 7) is 0.500. The molecule has 2 nitrogen and oxygen atoms in total. The van der Waals surface area contributed by atoms with Gasteiger partial charge in [-0.1, -0.05) is 6.47 Å². The predicted octanol–water partition coefficient (Wildman–Crippen LogP) is -0.391. The standard InChI is InChI=1S/CHO2.W/c2-1-3;/h(H,2,3);/q-1;+2. The Morgan fingerprint density at radius 1 is 1.75 bits per heavy atom. The van der Waals surface area contributed by atoms with Crippen LogP contribution >= 0.6 is 0 Å². The fourth-order valence-corrected chi connectivity index (χ4v) is 0. The fourth-order valence-electron chi connectivity index (χ4n) is 0.